The summed E-state index contributed by atoms with van der Waals surface area (Å²) in [6, 6.07) is 7.53. The molecule has 0 aromatic heterocycles. The van der Waals surface area contributed by atoms with Crippen LogP contribution in [0.5, 0.6) is 5.75 Å². The third-order valence-corrected chi connectivity index (χ3v) is 1.96. The summed E-state index contributed by atoms with van der Waals surface area (Å²) >= 11 is 0. The van der Waals surface area contributed by atoms with Crippen molar-refractivity contribution in [1.82, 2.24) is 0 Å². The second-order valence-electron chi connectivity index (χ2n) is 3.29. The van der Waals surface area contributed by atoms with Gasteiger partial charge in [-0.2, -0.15) is 0 Å². The molecule has 0 fully saturated rings. The van der Waals surface area contributed by atoms with E-state index in [1.807, 2.05) is 24.3 Å². The third kappa shape index (κ3) is 6.36. The molecule has 0 atom stereocenters. The number of rotatable bonds is 10. The van der Waals surface area contributed by atoms with E-state index in [1.165, 1.54) is 0 Å². The van der Waals surface area contributed by atoms with Crippen molar-refractivity contribution in [2.45, 2.75) is 0 Å². The molecule has 0 amide bonds. The van der Waals surface area contributed by atoms with E-state index in [2.05, 4.69) is 11.3 Å². The molecule has 1 rings (SSSR count). The summed E-state index contributed by atoms with van der Waals surface area (Å²) < 4.78 is 25.0. The number of benzene rings is 1. The summed E-state index contributed by atoms with van der Waals surface area (Å²) in [5.41, 5.74) is 1.04. The maximum Gasteiger partial charge on any atom is 0.191 e. The highest BCUT2D eigenvalue weighted by Gasteiger charge is 1.93. The molecule has 18 heavy (non-hydrogen) atoms. The lowest BCUT2D eigenvalue weighted by molar-refractivity contribution is -0.177. The minimum atomic E-state index is 0.106. The zero-order valence-corrected chi connectivity index (χ0v) is 10.5. The van der Waals surface area contributed by atoms with Crippen molar-refractivity contribution in [2.75, 3.05) is 34.3 Å². The van der Waals surface area contributed by atoms with E-state index in [1.54, 1.807) is 13.2 Å². The van der Waals surface area contributed by atoms with Gasteiger partial charge in [-0.15, -0.1) is 0 Å². The largest absolute Gasteiger partial charge is 0.467 e. The van der Waals surface area contributed by atoms with Crippen molar-refractivity contribution in [2.24, 2.45) is 0 Å². The molecule has 5 heteroatoms. The smallest absolute Gasteiger partial charge is 0.191 e. The molecule has 0 N–H and O–H groups in total. The Morgan fingerprint density at radius 1 is 0.944 bits per heavy atom. The van der Waals surface area contributed by atoms with Gasteiger partial charge in [-0.3, -0.25) is 0 Å². The summed E-state index contributed by atoms with van der Waals surface area (Å²) in [5, 5.41) is 0. The molecular formula is C13H18O5. The van der Waals surface area contributed by atoms with Gasteiger partial charge in [0.25, 0.3) is 0 Å². The molecule has 0 heterocycles. The normalized spacial score (nSPS) is 10.3. The van der Waals surface area contributed by atoms with E-state index >= 15 is 0 Å². The van der Waals surface area contributed by atoms with Crippen molar-refractivity contribution in [3.63, 3.8) is 0 Å². The first kappa shape index (κ1) is 14.7. The average molecular weight is 254 g/mol. The predicted molar refractivity (Wildman–Crippen MR) is 66.9 cm³/mol. The SMILES string of the molecule is C=Cc1ccc(OCOCOCOCOC)cc1. The van der Waals surface area contributed by atoms with Gasteiger partial charge in [0.1, 0.15) is 12.5 Å². The highest BCUT2D eigenvalue weighted by molar-refractivity contribution is 5.48. The monoisotopic (exact) mass is 254 g/mol. The van der Waals surface area contributed by atoms with Crippen molar-refractivity contribution >= 4 is 6.08 Å². The van der Waals surface area contributed by atoms with Crippen molar-refractivity contribution < 1.29 is 23.7 Å². The Hall–Kier alpha value is -1.40. The van der Waals surface area contributed by atoms with Crippen LogP contribution in [-0.4, -0.2) is 34.3 Å². The standard InChI is InChI=1S/C13H18O5/c1-3-12-4-6-13(7-5-12)18-11-17-10-16-9-15-8-14-2/h3-7H,1,8-11H2,2H3. The number of hydrogen-bond donors (Lipinski definition) is 0. The Morgan fingerprint density at radius 2 is 1.56 bits per heavy atom. The maximum absolute atomic E-state index is 5.33. The summed E-state index contributed by atoms with van der Waals surface area (Å²) in [5.74, 6) is 0.733. The van der Waals surface area contributed by atoms with Gasteiger partial charge in [-0.1, -0.05) is 24.8 Å². The van der Waals surface area contributed by atoms with Crippen molar-refractivity contribution in [1.29, 1.82) is 0 Å². The fourth-order valence-electron chi connectivity index (χ4n) is 1.11. The quantitative estimate of drug-likeness (QED) is 0.473. The molecule has 0 aliphatic carbocycles. The second kappa shape index (κ2) is 9.61. The van der Waals surface area contributed by atoms with Gasteiger partial charge in [0.2, 0.25) is 0 Å². The Morgan fingerprint density at radius 3 is 2.17 bits per heavy atom. The van der Waals surface area contributed by atoms with E-state index in [9.17, 15) is 0 Å². The Labute approximate surface area is 107 Å². The van der Waals surface area contributed by atoms with E-state index < -0.39 is 0 Å². The molecular weight excluding hydrogens is 236 g/mol. The van der Waals surface area contributed by atoms with E-state index in [-0.39, 0.29) is 27.2 Å². The van der Waals surface area contributed by atoms with Crippen LogP contribution in [0.2, 0.25) is 0 Å². The van der Waals surface area contributed by atoms with Crippen molar-refractivity contribution in [3.05, 3.63) is 36.4 Å². The van der Waals surface area contributed by atoms with Gasteiger partial charge in [-0.25, -0.2) is 0 Å². The molecule has 0 bridgehead atoms. The molecule has 100 valence electrons. The maximum atomic E-state index is 5.33. The van der Waals surface area contributed by atoms with Crippen LogP contribution in [-0.2, 0) is 18.9 Å². The van der Waals surface area contributed by atoms with Gasteiger partial charge in [0.05, 0.1) is 0 Å². The molecule has 0 aliphatic heterocycles. The van der Waals surface area contributed by atoms with Gasteiger partial charge in [0.15, 0.2) is 20.4 Å². The van der Waals surface area contributed by atoms with Gasteiger partial charge >= 0.3 is 0 Å². The number of ether oxygens (including phenoxy) is 5. The zero-order chi connectivity index (χ0) is 13.1. The fourth-order valence-corrected chi connectivity index (χ4v) is 1.11. The van der Waals surface area contributed by atoms with Crippen LogP contribution in [0.4, 0.5) is 0 Å². The number of hydrogen-bond acceptors (Lipinski definition) is 5. The molecule has 5 nitrogen and oxygen atoms in total. The summed E-state index contributed by atoms with van der Waals surface area (Å²) in [6.45, 7) is 4.23. The summed E-state index contributed by atoms with van der Waals surface area (Å²) in [4.78, 5) is 0. The van der Waals surface area contributed by atoms with Crippen LogP contribution in [0.25, 0.3) is 6.08 Å². The zero-order valence-electron chi connectivity index (χ0n) is 10.5. The third-order valence-electron chi connectivity index (χ3n) is 1.96. The first-order valence-corrected chi connectivity index (χ1v) is 5.44. The van der Waals surface area contributed by atoms with E-state index in [0.717, 1.165) is 11.3 Å². The lowest BCUT2D eigenvalue weighted by Gasteiger charge is -2.08. The topological polar surface area (TPSA) is 46.2 Å². The van der Waals surface area contributed by atoms with Gasteiger partial charge in [0, 0.05) is 7.11 Å². The minimum Gasteiger partial charge on any atom is -0.467 e. The highest BCUT2D eigenvalue weighted by atomic mass is 16.8. The Kier molecular flexibility index (Phi) is 7.83. The fraction of sp³-hybridized carbons (Fsp3) is 0.385. The number of methoxy groups -OCH3 is 1. The molecule has 0 aliphatic rings. The molecule has 1 aromatic carbocycles. The molecule has 0 unspecified atom stereocenters. The van der Waals surface area contributed by atoms with Crippen molar-refractivity contribution in [3.8, 4) is 5.75 Å². The van der Waals surface area contributed by atoms with Crippen LogP contribution < -0.4 is 4.74 Å². The minimum absolute atomic E-state index is 0.106. The molecule has 0 saturated carbocycles. The Bertz CT molecular complexity index is 323. The second-order valence-corrected chi connectivity index (χ2v) is 3.29. The summed E-state index contributed by atoms with van der Waals surface area (Å²) in [7, 11) is 1.54. The first-order chi connectivity index (χ1) is 8.86. The van der Waals surface area contributed by atoms with Crippen LogP contribution >= 0.6 is 0 Å². The van der Waals surface area contributed by atoms with E-state index in [0.29, 0.717) is 0 Å². The lowest BCUT2D eigenvalue weighted by atomic mass is 10.2. The molecule has 1 aromatic rings. The van der Waals surface area contributed by atoms with Gasteiger partial charge < -0.3 is 23.7 Å². The van der Waals surface area contributed by atoms with Crippen LogP contribution in [0.1, 0.15) is 5.56 Å². The lowest BCUT2D eigenvalue weighted by Crippen LogP contribution is -2.09. The van der Waals surface area contributed by atoms with Crippen LogP contribution in [0.3, 0.4) is 0 Å². The first-order valence-electron chi connectivity index (χ1n) is 5.44. The van der Waals surface area contributed by atoms with Gasteiger partial charge in [-0.05, 0) is 17.7 Å². The van der Waals surface area contributed by atoms with E-state index in [4.69, 9.17) is 18.9 Å². The highest BCUT2D eigenvalue weighted by Crippen LogP contribution is 2.12. The molecule has 0 saturated heterocycles. The predicted octanol–water partition coefficient (Wildman–Crippen LogP) is 2.23. The molecule has 0 spiro atoms. The van der Waals surface area contributed by atoms with Crippen LogP contribution in [0.15, 0.2) is 30.8 Å². The summed E-state index contributed by atoms with van der Waals surface area (Å²) in [6.07, 6.45) is 1.77. The Balaban J connectivity index is 2.01. The average Bonchev–Trinajstić information content (AvgIpc) is 2.42. The molecule has 0 radical (unpaired) electrons. The van der Waals surface area contributed by atoms with Crippen LogP contribution in [0, 0.1) is 0 Å².